The minimum Gasteiger partial charge on any atom is -0.389 e. The lowest BCUT2D eigenvalue weighted by molar-refractivity contribution is 0.711. The van der Waals surface area contributed by atoms with Gasteiger partial charge < -0.3 is 10.6 Å². The van der Waals surface area contributed by atoms with Crippen molar-refractivity contribution in [1.82, 2.24) is 19.7 Å². The number of rotatable bonds is 2. The topological polar surface area (TPSA) is 96.7 Å². The molecule has 1 aliphatic rings. The van der Waals surface area contributed by atoms with E-state index in [1.807, 2.05) is 18.3 Å². The second-order valence-corrected chi connectivity index (χ2v) is 6.33. The fraction of sp³-hybridized carbons (Fsp3) is 0.200. The maximum absolute atomic E-state index is 9.22. The van der Waals surface area contributed by atoms with Gasteiger partial charge in [-0.15, -0.1) is 11.3 Å². The number of nitrogens with two attached hydrogens (primary N) is 1. The number of aromatic nitrogens is 4. The van der Waals surface area contributed by atoms with E-state index in [0.717, 1.165) is 29.2 Å². The Morgan fingerprint density at radius 3 is 3.04 bits per heavy atom. The minimum atomic E-state index is 0.602. The first-order valence-electron chi connectivity index (χ1n) is 7.14. The summed E-state index contributed by atoms with van der Waals surface area (Å²) in [4.78, 5) is 12.2. The molecule has 4 rings (SSSR count). The SMILES string of the molecule is N#Cc1c(N)sc2c1CCN(c1nccc(-n3cccn3)n1)C2. The quantitative estimate of drug-likeness (QED) is 0.771. The minimum absolute atomic E-state index is 0.602. The smallest absolute Gasteiger partial charge is 0.227 e. The largest absolute Gasteiger partial charge is 0.389 e. The van der Waals surface area contributed by atoms with E-state index in [1.54, 1.807) is 17.1 Å². The fourth-order valence-corrected chi connectivity index (χ4v) is 3.83. The zero-order valence-electron chi connectivity index (χ0n) is 12.2. The highest BCUT2D eigenvalue weighted by Gasteiger charge is 2.25. The molecule has 8 heteroatoms. The first kappa shape index (κ1) is 13.7. The number of hydrogen-bond donors (Lipinski definition) is 1. The second-order valence-electron chi connectivity index (χ2n) is 5.19. The summed E-state index contributed by atoms with van der Waals surface area (Å²) in [6, 6.07) is 5.89. The van der Waals surface area contributed by atoms with Crippen LogP contribution in [0, 0.1) is 11.3 Å². The number of nitrogens with zero attached hydrogens (tertiary/aromatic N) is 6. The van der Waals surface area contributed by atoms with Crippen molar-refractivity contribution in [3.05, 3.63) is 46.7 Å². The van der Waals surface area contributed by atoms with Crippen molar-refractivity contribution in [3.63, 3.8) is 0 Å². The van der Waals surface area contributed by atoms with Gasteiger partial charge in [0.15, 0.2) is 5.82 Å². The number of anilines is 2. The summed E-state index contributed by atoms with van der Waals surface area (Å²) in [6.07, 6.45) is 6.08. The molecule has 23 heavy (non-hydrogen) atoms. The number of hydrogen-bond acceptors (Lipinski definition) is 7. The van der Waals surface area contributed by atoms with Crippen LogP contribution in [-0.2, 0) is 13.0 Å². The summed E-state index contributed by atoms with van der Waals surface area (Å²) in [7, 11) is 0. The number of nitrogen functional groups attached to an aromatic ring is 1. The lowest BCUT2D eigenvalue weighted by atomic mass is 10.0. The van der Waals surface area contributed by atoms with Crippen LogP contribution < -0.4 is 10.6 Å². The Bertz CT molecular complexity index is 891. The summed E-state index contributed by atoms with van der Waals surface area (Å²) in [6.45, 7) is 1.44. The van der Waals surface area contributed by atoms with Crippen LogP contribution in [0.3, 0.4) is 0 Å². The normalized spacial score (nSPS) is 13.6. The van der Waals surface area contributed by atoms with E-state index in [2.05, 4.69) is 26.0 Å². The monoisotopic (exact) mass is 323 g/mol. The highest BCUT2D eigenvalue weighted by Crippen LogP contribution is 2.35. The molecule has 7 nitrogen and oxygen atoms in total. The van der Waals surface area contributed by atoms with Gasteiger partial charge in [0.2, 0.25) is 5.95 Å². The van der Waals surface area contributed by atoms with Gasteiger partial charge in [0.1, 0.15) is 11.1 Å². The molecule has 114 valence electrons. The van der Waals surface area contributed by atoms with Crippen LogP contribution in [-0.4, -0.2) is 26.3 Å². The molecular formula is C15H13N7S. The van der Waals surface area contributed by atoms with Crippen molar-refractivity contribution in [3.8, 4) is 11.9 Å². The highest BCUT2D eigenvalue weighted by atomic mass is 32.1. The van der Waals surface area contributed by atoms with Gasteiger partial charge >= 0.3 is 0 Å². The van der Waals surface area contributed by atoms with Crippen LogP contribution in [0.5, 0.6) is 0 Å². The van der Waals surface area contributed by atoms with Crippen molar-refractivity contribution in [2.75, 3.05) is 17.2 Å². The third kappa shape index (κ3) is 2.31. The van der Waals surface area contributed by atoms with Crippen LogP contribution in [0.4, 0.5) is 10.9 Å². The predicted molar refractivity (Wildman–Crippen MR) is 87.4 cm³/mol. The van der Waals surface area contributed by atoms with E-state index in [4.69, 9.17) is 5.73 Å². The molecule has 0 saturated carbocycles. The van der Waals surface area contributed by atoms with Gasteiger partial charge in [-0.2, -0.15) is 15.3 Å². The summed E-state index contributed by atoms with van der Waals surface area (Å²) < 4.78 is 1.71. The lowest BCUT2D eigenvalue weighted by Crippen LogP contribution is -2.31. The molecule has 1 aliphatic heterocycles. The molecule has 0 saturated heterocycles. The Morgan fingerprint density at radius 2 is 2.26 bits per heavy atom. The molecule has 3 aromatic heterocycles. The fourth-order valence-electron chi connectivity index (χ4n) is 2.74. The molecule has 0 fully saturated rings. The molecule has 0 spiro atoms. The second kappa shape index (κ2) is 5.37. The van der Waals surface area contributed by atoms with E-state index in [0.29, 0.717) is 23.1 Å². The summed E-state index contributed by atoms with van der Waals surface area (Å²) in [5.41, 5.74) is 7.65. The van der Waals surface area contributed by atoms with Gasteiger partial charge in [0.25, 0.3) is 0 Å². The van der Waals surface area contributed by atoms with Gasteiger partial charge in [-0.1, -0.05) is 0 Å². The van der Waals surface area contributed by atoms with Gasteiger partial charge in [0.05, 0.1) is 12.1 Å². The van der Waals surface area contributed by atoms with Gasteiger partial charge in [0, 0.05) is 36.1 Å². The highest BCUT2D eigenvalue weighted by molar-refractivity contribution is 7.16. The van der Waals surface area contributed by atoms with Crippen LogP contribution in [0.1, 0.15) is 16.0 Å². The molecular weight excluding hydrogens is 310 g/mol. The zero-order valence-corrected chi connectivity index (χ0v) is 13.0. The third-order valence-corrected chi connectivity index (χ3v) is 4.89. The lowest BCUT2D eigenvalue weighted by Gasteiger charge is -2.27. The average Bonchev–Trinajstić information content (AvgIpc) is 3.21. The van der Waals surface area contributed by atoms with Crippen LogP contribution in [0.25, 0.3) is 5.82 Å². The Balaban J connectivity index is 1.65. The first-order chi connectivity index (χ1) is 11.3. The molecule has 2 N–H and O–H groups in total. The molecule has 0 radical (unpaired) electrons. The van der Waals surface area contributed by atoms with Crippen molar-refractivity contribution in [2.24, 2.45) is 0 Å². The van der Waals surface area contributed by atoms with Crippen molar-refractivity contribution >= 4 is 22.3 Å². The van der Waals surface area contributed by atoms with E-state index in [1.165, 1.54) is 11.3 Å². The van der Waals surface area contributed by atoms with Gasteiger partial charge in [-0.25, -0.2) is 9.67 Å². The first-order valence-corrected chi connectivity index (χ1v) is 7.96. The van der Waals surface area contributed by atoms with Gasteiger partial charge in [-0.3, -0.25) is 0 Å². The van der Waals surface area contributed by atoms with E-state index >= 15 is 0 Å². The maximum Gasteiger partial charge on any atom is 0.227 e. The van der Waals surface area contributed by atoms with E-state index in [-0.39, 0.29) is 0 Å². The molecule has 0 aliphatic carbocycles. The van der Waals surface area contributed by atoms with Crippen molar-refractivity contribution in [1.29, 1.82) is 5.26 Å². The Hall–Kier alpha value is -2.92. The van der Waals surface area contributed by atoms with E-state index < -0.39 is 0 Å². The molecule has 0 unspecified atom stereocenters. The molecule has 0 aromatic carbocycles. The van der Waals surface area contributed by atoms with Crippen LogP contribution >= 0.6 is 11.3 Å². The van der Waals surface area contributed by atoms with E-state index in [9.17, 15) is 5.26 Å². The zero-order chi connectivity index (χ0) is 15.8. The molecule has 0 bridgehead atoms. The number of fused-ring (bicyclic) bond motifs is 1. The Kier molecular flexibility index (Phi) is 3.20. The Labute approximate surface area is 136 Å². The predicted octanol–water partition coefficient (Wildman–Crippen LogP) is 1.74. The molecule has 3 aromatic rings. The van der Waals surface area contributed by atoms with Crippen molar-refractivity contribution in [2.45, 2.75) is 13.0 Å². The summed E-state index contributed by atoms with van der Waals surface area (Å²) in [5.74, 6) is 1.39. The number of thiophene rings is 1. The average molecular weight is 323 g/mol. The summed E-state index contributed by atoms with van der Waals surface area (Å²) in [5, 5.41) is 14.0. The maximum atomic E-state index is 9.22. The molecule has 4 heterocycles. The molecule has 0 atom stereocenters. The molecule has 0 amide bonds. The Morgan fingerprint density at radius 1 is 1.35 bits per heavy atom. The van der Waals surface area contributed by atoms with Crippen LogP contribution in [0.2, 0.25) is 0 Å². The summed E-state index contributed by atoms with van der Waals surface area (Å²) >= 11 is 1.48. The van der Waals surface area contributed by atoms with Gasteiger partial charge in [-0.05, 0) is 18.1 Å². The third-order valence-electron chi connectivity index (χ3n) is 3.85. The number of nitriles is 1. The van der Waals surface area contributed by atoms with Crippen molar-refractivity contribution < 1.29 is 0 Å². The van der Waals surface area contributed by atoms with Crippen LogP contribution in [0.15, 0.2) is 30.7 Å². The standard InChI is InChI=1S/C15H13N7S/c16-8-11-10-3-7-21(9-12(10)23-14(11)17)15-18-5-2-13(20-15)22-6-1-4-19-22/h1-2,4-6H,3,7,9,17H2.